The molecule has 0 bridgehead atoms. The number of carbonyl (C=O) groups is 1. The number of aromatic nitrogens is 4. The number of hydrogen-bond donors (Lipinski definition) is 0. The molecule has 0 N–H and O–H groups in total. The molecule has 0 aliphatic heterocycles. The maximum Gasteiger partial charge on any atom is 0.191 e. The minimum Gasteiger partial charge on any atom is -0.348 e. The molecular formula is C18H28N4OS. The van der Waals surface area contributed by atoms with E-state index in [1.165, 1.54) is 11.8 Å². The van der Waals surface area contributed by atoms with Gasteiger partial charge in [-0.05, 0) is 46.1 Å². The van der Waals surface area contributed by atoms with Gasteiger partial charge >= 0.3 is 0 Å². The van der Waals surface area contributed by atoms with Crippen LogP contribution in [0.25, 0.3) is 0 Å². The highest BCUT2D eigenvalue weighted by atomic mass is 32.2. The van der Waals surface area contributed by atoms with Crippen LogP contribution in [0.3, 0.4) is 0 Å². The zero-order valence-electron chi connectivity index (χ0n) is 15.5. The summed E-state index contributed by atoms with van der Waals surface area (Å²) in [7, 11) is 0. The van der Waals surface area contributed by atoms with Gasteiger partial charge in [0, 0.05) is 29.5 Å². The molecule has 0 aromatic carbocycles. The second kappa shape index (κ2) is 8.01. The number of carbonyl (C=O) groups excluding carboxylic acids is 1. The van der Waals surface area contributed by atoms with Crippen LogP contribution in [0.4, 0.5) is 0 Å². The Morgan fingerprint density at radius 2 is 1.96 bits per heavy atom. The number of Topliss-reactive ketones (excluding diaryl/α,β-unsaturated/α-hetero) is 1. The molecular weight excluding hydrogens is 320 g/mol. The summed E-state index contributed by atoms with van der Waals surface area (Å²) in [6.45, 7) is 13.7. The van der Waals surface area contributed by atoms with Crippen molar-refractivity contribution in [3.05, 3.63) is 29.3 Å². The second-order valence-corrected chi connectivity index (χ2v) is 7.89. The fraction of sp³-hybridized carbons (Fsp3) is 0.611. The van der Waals surface area contributed by atoms with Crippen molar-refractivity contribution in [1.82, 2.24) is 19.3 Å². The first-order valence-corrected chi connectivity index (χ1v) is 9.52. The molecule has 0 aliphatic carbocycles. The Morgan fingerprint density at radius 1 is 1.25 bits per heavy atom. The van der Waals surface area contributed by atoms with Gasteiger partial charge in [-0.1, -0.05) is 25.6 Å². The highest BCUT2D eigenvalue weighted by Gasteiger charge is 2.17. The highest BCUT2D eigenvalue weighted by molar-refractivity contribution is 7.99. The van der Waals surface area contributed by atoms with Gasteiger partial charge in [-0.2, -0.15) is 0 Å². The molecule has 5 nitrogen and oxygen atoms in total. The molecule has 2 aromatic heterocycles. The summed E-state index contributed by atoms with van der Waals surface area (Å²) < 4.78 is 4.25. The standard InChI is InChI=1S/C18H28N4OS/c1-12(2)7-8-21-14(5)9-16(15(21)6)17(23)10-24-18-20-19-11-22(18)13(3)4/h9,11-13H,7-8,10H2,1-6H3. The molecule has 6 heteroatoms. The quantitative estimate of drug-likeness (QED) is 0.527. The Bertz CT molecular complexity index is 700. The van der Waals surface area contributed by atoms with Crippen molar-refractivity contribution in [2.24, 2.45) is 5.92 Å². The molecule has 0 atom stereocenters. The average Bonchev–Trinajstić information content (AvgIpc) is 3.08. The molecule has 0 spiro atoms. The largest absolute Gasteiger partial charge is 0.348 e. The summed E-state index contributed by atoms with van der Waals surface area (Å²) in [6, 6.07) is 2.31. The van der Waals surface area contributed by atoms with Crippen molar-refractivity contribution in [2.45, 2.75) is 65.7 Å². The van der Waals surface area contributed by atoms with Crippen LogP contribution in [0.5, 0.6) is 0 Å². The highest BCUT2D eigenvalue weighted by Crippen LogP contribution is 2.23. The van der Waals surface area contributed by atoms with Gasteiger partial charge in [-0.15, -0.1) is 10.2 Å². The van der Waals surface area contributed by atoms with E-state index in [0.29, 0.717) is 17.7 Å². The third kappa shape index (κ3) is 4.29. The van der Waals surface area contributed by atoms with Gasteiger partial charge in [-0.25, -0.2) is 0 Å². The van der Waals surface area contributed by atoms with Gasteiger partial charge in [0.1, 0.15) is 6.33 Å². The van der Waals surface area contributed by atoms with Crippen LogP contribution >= 0.6 is 11.8 Å². The summed E-state index contributed by atoms with van der Waals surface area (Å²) in [5.41, 5.74) is 3.07. The SMILES string of the molecule is Cc1cc(C(=O)CSc2nncn2C(C)C)c(C)n1CCC(C)C. The van der Waals surface area contributed by atoms with E-state index in [1.54, 1.807) is 6.33 Å². The van der Waals surface area contributed by atoms with Gasteiger partial charge < -0.3 is 9.13 Å². The van der Waals surface area contributed by atoms with Crippen molar-refractivity contribution < 1.29 is 4.79 Å². The Kier molecular flexibility index (Phi) is 6.27. The van der Waals surface area contributed by atoms with Crippen molar-refractivity contribution in [3.8, 4) is 0 Å². The number of rotatable bonds is 8. The first kappa shape index (κ1) is 18.8. The molecule has 2 rings (SSSR count). The molecule has 0 radical (unpaired) electrons. The van der Waals surface area contributed by atoms with E-state index in [1.807, 2.05) is 17.6 Å². The Balaban J connectivity index is 2.07. The van der Waals surface area contributed by atoms with Gasteiger partial charge in [-0.3, -0.25) is 4.79 Å². The van der Waals surface area contributed by atoms with Crippen LogP contribution in [0.2, 0.25) is 0 Å². The summed E-state index contributed by atoms with van der Waals surface area (Å²) >= 11 is 1.46. The smallest absolute Gasteiger partial charge is 0.191 e. The van der Waals surface area contributed by atoms with Crippen LogP contribution in [0, 0.1) is 19.8 Å². The van der Waals surface area contributed by atoms with Crippen LogP contribution in [-0.2, 0) is 6.54 Å². The lowest BCUT2D eigenvalue weighted by molar-refractivity contribution is 0.102. The summed E-state index contributed by atoms with van der Waals surface area (Å²) in [5, 5.41) is 8.86. The van der Waals surface area contributed by atoms with Crippen LogP contribution in [0.1, 0.15) is 61.9 Å². The van der Waals surface area contributed by atoms with E-state index in [4.69, 9.17) is 0 Å². The number of ketones is 1. The Labute approximate surface area is 148 Å². The number of aryl methyl sites for hydroxylation is 1. The molecule has 132 valence electrons. The molecule has 0 unspecified atom stereocenters. The van der Waals surface area contributed by atoms with E-state index < -0.39 is 0 Å². The molecule has 0 amide bonds. The molecule has 0 saturated heterocycles. The lowest BCUT2D eigenvalue weighted by Crippen LogP contribution is -2.09. The summed E-state index contributed by atoms with van der Waals surface area (Å²) in [5.74, 6) is 1.20. The van der Waals surface area contributed by atoms with Crippen LogP contribution in [-0.4, -0.2) is 30.9 Å². The molecule has 0 fully saturated rings. The van der Waals surface area contributed by atoms with Crippen LogP contribution < -0.4 is 0 Å². The van der Waals surface area contributed by atoms with Crippen molar-refractivity contribution in [1.29, 1.82) is 0 Å². The van der Waals surface area contributed by atoms with E-state index in [0.717, 1.165) is 35.1 Å². The third-order valence-electron chi connectivity index (χ3n) is 4.23. The predicted octanol–water partition coefficient (Wildman–Crippen LogP) is 4.30. The fourth-order valence-electron chi connectivity index (χ4n) is 2.71. The summed E-state index contributed by atoms with van der Waals surface area (Å²) in [6.07, 6.45) is 2.84. The Morgan fingerprint density at radius 3 is 2.58 bits per heavy atom. The normalized spacial score (nSPS) is 11.7. The van der Waals surface area contributed by atoms with E-state index >= 15 is 0 Å². The van der Waals surface area contributed by atoms with E-state index in [9.17, 15) is 4.79 Å². The second-order valence-electron chi connectivity index (χ2n) is 6.95. The van der Waals surface area contributed by atoms with E-state index in [2.05, 4.69) is 49.4 Å². The molecule has 0 saturated carbocycles. The third-order valence-corrected chi connectivity index (χ3v) is 5.19. The molecule has 24 heavy (non-hydrogen) atoms. The number of nitrogens with zero attached hydrogens (tertiary/aromatic N) is 4. The number of thioether (sulfide) groups is 1. The fourth-order valence-corrected chi connectivity index (χ4v) is 3.64. The maximum absolute atomic E-state index is 12.7. The minimum atomic E-state index is 0.155. The van der Waals surface area contributed by atoms with Gasteiger partial charge in [0.05, 0.1) is 5.75 Å². The minimum absolute atomic E-state index is 0.155. The van der Waals surface area contributed by atoms with Gasteiger partial charge in [0.25, 0.3) is 0 Å². The van der Waals surface area contributed by atoms with Crippen LogP contribution in [0.15, 0.2) is 17.6 Å². The maximum atomic E-state index is 12.7. The first-order valence-electron chi connectivity index (χ1n) is 8.53. The predicted molar refractivity (Wildman–Crippen MR) is 98.8 cm³/mol. The van der Waals surface area contributed by atoms with E-state index in [-0.39, 0.29) is 5.78 Å². The average molecular weight is 349 g/mol. The first-order chi connectivity index (χ1) is 11.3. The topological polar surface area (TPSA) is 52.7 Å². The lowest BCUT2D eigenvalue weighted by Gasteiger charge is -2.11. The van der Waals surface area contributed by atoms with Gasteiger partial charge in [0.15, 0.2) is 10.9 Å². The number of hydrogen-bond acceptors (Lipinski definition) is 4. The summed E-state index contributed by atoms with van der Waals surface area (Å²) in [4.78, 5) is 12.7. The molecule has 2 heterocycles. The van der Waals surface area contributed by atoms with Gasteiger partial charge in [0.2, 0.25) is 0 Å². The van der Waals surface area contributed by atoms with Crippen molar-refractivity contribution in [3.63, 3.8) is 0 Å². The lowest BCUT2D eigenvalue weighted by atomic mass is 10.1. The zero-order chi connectivity index (χ0) is 17.9. The van der Waals surface area contributed by atoms with Crippen molar-refractivity contribution >= 4 is 17.5 Å². The monoisotopic (exact) mass is 348 g/mol. The zero-order valence-corrected chi connectivity index (χ0v) is 16.4. The molecule has 2 aromatic rings. The molecule has 0 aliphatic rings. The Hall–Kier alpha value is -1.56. The van der Waals surface area contributed by atoms with Crippen molar-refractivity contribution in [2.75, 3.05) is 5.75 Å².